The minimum Gasteiger partial charge on any atom is -0.321 e. The number of benzene rings is 1. The van der Waals surface area contributed by atoms with Gasteiger partial charge in [-0.05, 0) is 6.42 Å². The molecule has 1 aromatic carbocycles. The summed E-state index contributed by atoms with van der Waals surface area (Å²) in [5.41, 5.74) is -1.33. The first-order valence-corrected chi connectivity index (χ1v) is 9.24. The van der Waals surface area contributed by atoms with E-state index in [-0.39, 0.29) is 0 Å². The molecular formula is C20H30F3NO. The molecule has 0 fully saturated rings. The SMILES string of the molecule is CCCCCCCCCCC(C)(C)C(=O)Nc1c(F)cc(F)cc1F. The largest absolute Gasteiger partial charge is 0.321 e. The molecule has 1 amide bonds. The van der Waals surface area contributed by atoms with Crippen LogP contribution in [0.5, 0.6) is 0 Å². The van der Waals surface area contributed by atoms with E-state index >= 15 is 0 Å². The lowest BCUT2D eigenvalue weighted by molar-refractivity contribution is -0.124. The second-order valence-corrected chi connectivity index (χ2v) is 7.31. The number of rotatable bonds is 11. The smallest absolute Gasteiger partial charge is 0.230 e. The van der Waals surface area contributed by atoms with E-state index in [9.17, 15) is 18.0 Å². The third-order valence-corrected chi connectivity index (χ3v) is 4.52. The van der Waals surface area contributed by atoms with Gasteiger partial charge in [-0.3, -0.25) is 4.79 Å². The highest BCUT2D eigenvalue weighted by atomic mass is 19.1. The van der Waals surface area contributed by atoms with Crippen LogP contribution in [0.2, 0.25) is 0 Å². The molecule has 5 heteroatoms. The first kappa shape index (κ1) is 21.5. The quantitative estimate of drug-likeness (QED) is 0.444. The number of halogens is 3. The molecule has 0 radical (unpaired) electrons. The Kier molecular flexibility index (Phi) is 9.01. The maximum Gasteiger partial charge on any atom is 0.230 e. The van der Waals surface area contributed by atoms with Gasteiger partial charge in [-0.2, -0.15) is 0 Å². The molecule has 0 saturated carbocycles. The van der Waals surface area contributed by atoms with Crippen molar-refractivity contribution in [2.24, 2.45) is 5.41 Å². The summed E-state index contributed by atoms with van der Waals surface area (Å²) in [5.74, 6) is -3.67. The normalized spacial score (nSPS) is 11.6. The summed E-state index contributed by atoms with van der Waals surface area (Å²) >= 11 is 0. The summed E-state index contributed by atoms with van der Waals surface area (Å²) in [6.07, 6.45) is 9.96. The maximum atomic E-state index is 13.6. The number of nitrogens with one attached hydrogen (secondary N) is 1. The summed E-state index contributed by atoms with van der Waals surface area (Å²) in [4.78, 5) is 12.3. The van der Waals surface area contributed by atoms with Gasteiger partial charge in [-0.15, -0.1) is 0 Å². The van der Waals surface area contributed by atoms with Crippen molar-refractivity contribution in [1.82, 2.24) is 0 Å². The van der Waals surface area contributed by atoms with E-state index in [1.54, 1.807) is 13.8 Å². The molecule has 0 atom stereocenters. The van der Waals surface area contributed by atoms with Gasteiger partial charge in [0.2, 0.25) is 5.91 Å². The van der Waals surface area contributed by atoms with E-state index in [0.717, 1.165) is 19.3 Å². The Morgan fingerprint density at radius 2 is 1.40 bits per heavy atom. The van der Waals surface area contributed by atoms with Crippen LogP contribution in [0, 0.1) is 22.9 Å². The van der Waals surface area contributed by atoms with Crippen LogP contribution in [0.1, 0.15) is 78.6 Å². The molecule has 25 heavy (non-hydrogen) atoms. The molecule has 0 saturated heterocycles. The summed E-state index contributed by atoms with van der Waals surface area (Å²) in [7, 11) is 0. The monoisotopic (exact) mass is 357 g/mol. The zero-order valence-electron chi connectivity index (χ0n) is 15.6. The van der Waals surface area contributed by atoms with Crippen molar-refractivity contribution in [3.8, 4) is 0 Å². The molecule has 0 heterocycles. The van der Waals surface area contributed by atoms with Crippen molar-refractivity contribution in [2.45, 2.75) is 78.6 Å². The van der Waals surface area contributed by atoms with Crippen LogP contribution in [-0.4, -0.2) is 5.91 Å². The number of amides is 1. The number of carbonyl (C=O) groups is 1. The average Bonchev–Trinajstić information content (AvgIpc) is 2.53. The summed E-state index contributed by atoms with van der Waals surface area (Å²) in [6.45, 7) is 5.70. The molecule has 0 aliphatic carbocycles. The summed E-state index contributed by atoms with van der Waals surface area (Å²) < 4.78 is 40.2. The van der Waals surface area contributed by atoms with Crippen molar-refractivity contribution in [3.63, 3.8) is 0 Å². The van der Waals surface area contributed by atoms with Crippen LogP contribution >= 0.6 is 0 Å². The van der Waals surface area contributed by atoms with Crippen molar-refractivity contribution in [2.75, 3.05) is 5.32 Å². The van der Waals surface area contributed by atoms with Gasteiger partial charge in [0.1, 0.15) is 11.5 Å². The van der Waals surface area contributed by atoms with Crippen LogP contribution in [-0.2, 0) is 4.79 Å². The first-order chi connectivity index (χ1) is 11.8. The summed E-state index contributed by atoms with van der Waals surface area (Å²) in [5, 5.41) is 2.27. The molecule has 0 aromatic heterocycles. The number of unbranched alkanes of at least 4 members (excludes halogenated alkanes) is 7. The lowest BCUT2D eigenvalue weighted by atomic mass is 9.85. The fraction of sp³-hybridized carbons (Fsp3) is 0.650. The molecule has 0 spiro atoms. The first-order valence-electron chi connectivity index (χ1n) is 9.24. The molecule has 0 aliphatic rings. The summed E-state index contributed by atoms with van der Waals surface area (Å²) in [6, 6.07) is 1.12. The van der Waals surface area contributed by atoms with Crippen LogP contribution in [0.4, 0.5) is 18.9 Å². The Labute approximate surface area is 149 Å². The average molecular weight is 357 g/mol. The van der Waals surface area contributed by atoms with Crippen molar-refractivity contribution < 1.29 is 18.0 Å². The Balaban J connectivity index is 2.41. The third-order valence-electron chi connectivity index (χ3n) is 4.52. The predicted octanol–water partition coefficient (Wildman–Crippen LogP) is 6.60. The van der Waals surface area contributed by atoms with Gasteiger partial charge in [0, 0.05) is 17.5 Å². The molecule has 1 N–H and O–H groups in total. The Hall–Kier alpha value is -1.52. The van der Waals surface area contributed by atoms with Crippen LogP contribution in [0.3, 0.4) is 0 Å². The van der Waals surface area contributed by atoms with Gasteiger partial charge in [0.25, 0.3) is 0 Å². The molecule has 142 valence electrons. The van der Waals surface area contributed by atoms with E-state index in [2.05, 4.69) is 12.2 Å². The van der Waals surface area contributed by atoms with Gasteiger partial charge in [-0.1, -0.05) is 72.1 Å². The molecule has 1 aromatic rings. The van der Waals surface area contributed by atoms with Crippen LogP contribution in [0.25, 0.3) is 0 Å². The highest BCUT2D eigenvalue weighted by Gasteiger charge is 2.28. The van der Waals surface area contributed by atoms with Gasteiger partial charge < -0.3 is 5.32 Å². The van der Waals surface area contributed by atoms with Gasteiger partial charge >= 0.3 is 0 Å². The Bertz CT molecular complexity index is 535. The van der Waals surface area contributed by atoms with E-state index in [4.69, 9.17) is 0 Å². The standard InChI is InChI=1S/C20H30F3NO/c1-4-5-6-7-8-9-10-11-12-20(2,3)19(25)24-18-16(22)13-15(21)14-17(18)23/h13-14H,4-12H2,1-3H3,(H,24,25). The van der Waals surface area contributed by atoms with Crippen molar-refractivity contribution in [1.29, 1.82) is 0 Å². The highest BCUT2D eigenvalue weighted by molar-refractivity contribution is 5.95. The van der Waals surface area contributed by atoms with Crippen molar-refractivity contribution in [3.05, 3.63) is 29.6 Å². The number of anilines is 1. The van der Waals surface area contributed by atoms with Crippen LogP contribution < -0.4 is 5.32 Å². The van der Waals surface area contributed by atoms with Crippen molar-refractivity contribution >= 4 is 11.6 Å². The van der Waals surface area contributed by atoms with Gasteiger partial charge in [0.05, 0.1) is 0 Å². The predicted molar refractivity (Wildman–Crippen MR) is 96.0 cm³/mol. The highest BCUT2D eigenvalue weighted by Crippen LogP contribution is 2.28. The number of carbonyl (C=O) groups excluding carboxylic acids is 1. The van der Waals surface area contributed by atoms with Crippen LogP contribution in [0.15, 0.2) is 12.1 Å². The molecular weight excluding hydrogens is 327 g/mol. The van der Waals surface area contributed by atoms with E-state index in [1.807, 2.05) is 0 Å². The molecule has 0 bridgehead atoms. The minimum atomic E-state index is -1.10. The second kappa shape index (κ2) is 10.5. The van der Waals surface area contributed by atoms with E-state index in [1.165, 1.54) is 32.1 Å². The number of hydrogen-bond donors (Lipinski definition) is 1. The minimum absolute atomic E-state index is 0.458. The van der Waals surface area contributed by atoms with E-state index in [0.29, 0.717) is 18.6 Å². The fourth-order valence-electron chi connectivity index (χ4n) is 2.76. The Morgan fingerprint density at radius 3 is 1.92 bits per heavy atom. The lowest BCUT2D eigenvalue weighted by Crippen LogP contribution is -2.31. The molecule has 2 nitrogen and oxygen atoms in total. The zero-order valence-corrected chi connectivity index (χ0v) is 15.6. The maximum absolute atomic E-state index is 13.6. The second-order valence-electron chi connectivity index (χ2n) is 7.31. The molecule has 0 aliphatic heterocycles. The topological polar surface area (TPSA) is 29.1 Å². The van der Waals surface area contributed by atoms with E-state index < -0.39 is 34.5 Å². The lowest BCUT2D eigenvalue weighted by Gasteiger charge is -2.24. The third kappa shape index (κ3) is 7.49. The molecule has 1 rings (SSSR count). The van der Waals surface area contributed by atoms with Gasteiger partial charge in [-0.25, -0.2) is 13.2 Å². The fourth-order valence-corrected chi connectivity index (χ4v) is 2.76. The molecule has 0 unspecified atom stereocenters. The Morgan fingerprint density at radius 1 is 0.920 bits per heavy atom. The van der Waals surface area contributed by atoms with Gasteiger partial charge in [0.15, 0.2) is 11.6 Å². The number of hydrogen-bond acceptors (Lipinski definition) is 1. The zero-order chi connectivity index (χ0) is 18.9.